The van der Waals surface area contributed by atoms with Gasteiger partial charge in [-0.15, -0.1) is 0 Å². The van der Waals surface area contributed by atoms with E-state index in [1.54, 1.807) is 30.7 Å². The van der Waals surface area contributed by atoms with Crippen molar-refractivity contribution in [3.63, 3.8) is 0 Å². The highest BCUT2D eigenvalue weighted by molar-refractivity contribution is 7.92. The highest BCUT2D eigenvalue weighted by Crippen LogP contribution is 2.41. The summed E-state index contributed by atoms with van der Waals surface area (Å²) in [6.07, 6.45) is 8.15. The van der Waals surface area contributed by atoms with Crippen LogP contribution in [-0.2, 0) is 22.7 Å². The quantitative estimate of drug-likeness (QED) is 0.457. The summed E-state index contributed by atoms with van der Waals surface area (Å²) in [5.41, 5.74) is 5.58. The van der Waals surface area contributed by atoms with E-state index in [1.807, 2.05) is 0 Å². The molecule has 0 radical (unpaired) electrons. The highest BCUT2D eigenvalue weighted by Gasteiger charge is 2.31. The SMILES string of the molecule is CC(C)N1Cc2cc(Nc3ncc(C#N)c(Nc4cccc(N=S(C)(C)=O)n4)n3)cc3c2[C@@H](CCC3)C1. The molecule has 9 nitrogen and oxygen atoms in total. The standard InChI is InChI=1S/C27H32N8OS/c1-17(2)35-15-19-8-5-7-18-11-22(12-20(16-35)25(18)19)30-27-29-14-21(13-28)26(33-27)32-23-9-6-10-24(31-23)34-37(3,4)36/h6,9-12,14,17,19H,5,7-8,15-16H2,1-4H3,(H2,29,30,31,32,33)/t19-/m0/s1. The normalized spacial score (nSPS) is 17.1. The number of benzene rings is 1. The monoisotopic (exact) mass is 516 g/mol. The Kier molecular flexibility index (Phi) is 6.84. The molecule has 1 aromatic carbocycles. The number of aryl methyl sites for hydroxylation is 1. The molecule has 10 heteroatoms. The molecular weight excluding hydrogens is 484 g/mol. The third-order valence-electron chi connectivity index (χ3n) is 6.78. The topological polar surface area (TPSA) is 119 Å². The minimum Gasteiger partial charge on any atom is -0.324 e. The molecule has 0 fully saturated rings. The van der Waals surface area contributed by atoms with Gasteiger partial charge in [-0.1, -0.05) is 6.07 Å². The molecule has 2 N–H and O–H groups in total. The maximum Gasteiger partial charge on any atom is 0.229 e. The number of anilines is 4. The predicted molar refractivity (Wildman–Crippen MR) is 147 cm³/mol. The lowest BCUT2D eigenvalue weighted by molar-refractivity contribution is 0.176. The molecule has 2 aromatic heterocycles. The van der Waals surface area contributed by atoms with Gasteiger partial charge in [0.1, 0.15) is 17.5 Å². The minimum atomic E-state index is -2.35. The zero-order valence-electron chi connectivity index (χ0n) is 21.7. The first-order valence-electron chi connectivity index (χ1n) is 12.5. The predicted octanol–water partition coefficient (Wildman–Crippen LogP) is 5.23. The van der Waals surface area contributed by atoms with Crippen LogP contribution < -0.4 is 10.6 Å². The number of rotatable bonds is 6. The summed E-state index contributed by atoms with van der Waals surface area (Å²) in [5, 5.41) is 16.1. The van der Waals surface area contributed by atoms with Gasteiger partial charge >= 0.3 is 0 Å². The van der Waals surface area contributed by atoms with Crippen LogP contribution >= 0.6 is 0 Å². The van der Waals surface area contributed by atoms with Crippen molar-refractivity contribution in [1.29, 1.82) is 5.26 Å². The van der Waals surface area contributed by atoms with E-state index in [9.17, 15) is 9.47 Å². The number of nitrogens with one attached hydrogen (secondary N) is 2. The van der Waals surface area contributed by atoms with Crippen LogP contribution in [0.1, 0.15) is 54.9 Å². The van der Waals surface area contributed by atoms with Crippen molar-refractivity contribution >= 4 is 38.8 Å². The molecule has 3 heterocycles. The second-order valence-corrected chi connectivity index (χ2v) is 12.8. The summed E-state index contributed by atoms with van der Waals surface area (Å²) in [7, 11) is -2.35. The second kappa shape index (κ2) is 10.1. The zero-order valence-corrected chi connectivity index (χ0v) is 22.5. The molecule has 3 aromatic rings. The minimum absolute atomic E-state index is 0.292. The van der Waals surface area contributed by atoms with Gasteiger partial charge in [-0.2, -0.15) is 14.6 Å². The van der Waals surface area contributed by atoms with Gasteiger partial charge in [-0.3, -0.25) is 4.90 Å². The molecule has 0 saturated heterocycles. The molecule has 1 aliphatic heterocycles. The van der Waals surface area contributed by atoms with Gasteiger partial charge in [0.15, 0.2) is 11.6 Å². The van der Waals surface area contributed by atoms with Crippen LogP contribution in [0.4, 0.5) is 29.1 Å². The Morgan fingerprint density at radius 2 is 2.00 bits per heavy atom. The third kappa shape index (κ3) is 5.73. The molecule has 0 bridgehead atoms. The lowest BCUT2D eigenvalue weighted by Crippen LogP contribution is -2.39. The van der Waals surface area contributed by atoms with Crippen molar-refractivity contribution < 1.29 is 4.21 Å². The fourth-order valence-electron chi connectivity index (χ4n) is 5.18. The highest BCUT2D eigenvalue weighted by atomic mass is 32.2. The van der Waals surface area contributed by atoms with Gasteiger partial charge < -0.3 is 10.6 Å². The first-order chi connectivity index (χ1) is 17.7. The second-order valence-electron chi connectivity index (χ2n) is 10.3. The van der Waals surface area contributed by atoms with Gasteiger partial charge in [0.2, 0.25) is 5.95 Å². The van der Waals surface area contributed by atoms with Gasteiger partial charge in [-0.25, -0.2) is 14.2 Å². The van der Waals surface area contributed by atoms with E-state index < -0.39 is 9.73 Å². The fourth-order valence-corrected chi connectivity index (χ4v) is 5.73. The number of nitriles is 1. The van der Waals surface area contributed by atoms with E-state index in [2.05, 4.69) is 66.9 Å². The number of hydrogen-bond donors (Lipinski definition) is 2. The maximum atomic E-state index is 12.1. The van der Waals surface area contributed by atoms with Gasteiger partial charge in [-0.05, 0) is 80.0 Å². The van der Waals surface area contributed by atoms with E-state index >= 15 is 0 Å². The first-order valence-corrected chi connectivity index (χ1v) is 14.9. The summed E-state index contributed by atoms with van der Waals surface area (Å²) in [4.78, 5) is 15.9. The first kappa shape index (κ1) is 25.1. The maximum absolute atomic E-state index is 12.1. The summed E-state index contributed by atoms with van der Waals surface area (Å²) in [5.74, 6) is 2.13. The Balaban J connectivity index is 1.44. The van der Waals surface area contributed by atoms with Crippen LogP contribution in [-0.4, -0.2) is 49.2 Å². The Bertz CT molecular complexity index is 1490. The number of hydrogen-bond acceptors (Lipinski definition) is 9. The summed E-state index contributed by atoms with van der Waals surface area (Å²) in [6.45, 7) is 6.60. The lowest BCUT2D eigenvalue weighted by atomic mass is 9.77. The van der Waals surface area contributed by atoms with Crippen molar-refractivity contribution in [2.24, 2.45) is 4.36 Å². The van der Waals surface area contributed by atoms with Crippen LogP contribution in [0.25, 0.3) is 0 Å². The molecule has 1 atom stereocenters. The molecule has 0 spiro atoms. The van der Waals surface area contributed by atoms with Crippen LogP contribution in [0.15, 0.2) is 40.9 Å². The fraction of sp³-hybridized carbons (Fsp3) is 0.407. The van der Waals surface area contributed by atoms with Crippen molar-refractivity contribution in [2.75, 3.05) is 29.7 Å². The lowest BCUT2D eigenvalue weighted by Gasteiger charge is -2.40. The van der Waals surface area contributed by atoms with Crippen molar-refractivity contribution in [3.05, 3.63) is 58.8 Å². The molecule has 0 unspecified atom stereocenters. The van der Waals surface area contributed by atoms with E-state index in [0.717, 1.165) is 25.2 Å². The van der Waals surface area contributed by atoms with E-state index in [4.69, 9.17) is 0 Å². The van der Waals surface area contributed by atoms with Crippen LogP contribution in [0.3, 0.4) is 0 Å². The largest absolute Gasteiger partial charge is 0.324 e. The van der Waals surface area contributed by atoms with E-state index in [0.29, 0.717) is 40.9 Å². The molecule has 5 rings (SSSR count). The molecule has 0 saturated carbocycles. The van der Waals surface area contributed by atoms with Gasteiger partial charge in [0.05, 0.1) is 6.20 Å². The third-order valence-corrected chi connectivity index (χ3v) is 7.40. The molecule has 37 heavy (non-hydrogen) atoms. The van der Waals surface area contributed by atoms with Crippen molar-refractivity contribution in [2.45, 2.75) is 51.6 Å². The Morgan fingerprint density at radius 3 is 2.76 bits per heavy atom. The van der Waals surface area contributed by atoms with E-state index in [-0.39, 0.29) is 0 Å². The molecule has 1 aliphatic carbocycles. The van der Waals surface area contributed by atoms with Crippen LogP contribution in [0, 0.1) is 11.3 Å². The van der Waals surface area contributed by atoms with Crippen molar-refractivity contribution in [3.8, 4) is 6.07 Å². The average Bonchev–Trinajstić information content (AvgIpc) is 2.83. The van der Waals surface area contributed by atoms with E-state index in [1.165, 1.54) is 35.7 Å². The van der Waals surface area contributed by atoms with Crippen LogP contribution in [0.5, 0.6) is 0 Å². The van der Waals surface area contributed by atoms with Gasteiger partial charge in [0.25, 0.3) is 0 Å². The zero-order chi connectivity index (χ0) is 26.2. The smallest absolute Gasteiger partial charge is 0.229 e. The summed E-state index contributed by atoms with van der Waals surface area (Å²) >= 11 is 0. The Hall–Kier alpha value is -3.55. The van der Waals surface area contributed by atoms with Crippen LogP contribution in [0.2, 0.25) is 0 Å². The van der Waals surface area contributed by atoms with Crippen molar-refractivity contribution in [1.82, 2.24) is 19.9 Å². The molecular formula is C27H32N8OS. The van der Waals surface area contributed by atoms with Gasteiger partial charge in [0, 0.05) is 47.1 Å². The number of nitrogens with zero attached hydrogens (tertiary/aromatic N) is 6. The molecule has 2 aliphatic rings. The Labute approximate surface area is 218 Å². The average molecular weight is 517 g/mol. The Morgan fingerprint density at radius 1 is 1.19 bits per heavy atom. The summed E-state index contributed by atoms with van der Waals surface area (Å²) in [6, 6.07) is 12.3. The molecule has 192 valence electrons. The number of aromatic nitrogens is 3. The summed E-state index contributed by atoms with van der Waals surface area (Å²) < 4.78 is 16.2. The number of pyridine rings is 1. The molecule has 0 amide bonds.